The third-order valence-corrected chi connectivity index (χ3v) is 6.07. The zero-order valence-electron chi connectivity index (χ0n) is 16.9. The first-order valence-corrected chi connectivity index (χ1v) is 10.9. The summed E-state index contributed by atoms with van der Waals surface area (Å²) in [6.45, 7) is 6.42. The molecule has 0 amide bonds. The van der Waals surface area contributed by atoms with Crippen LogP contribution in [0.1, 0.15) is 11.1 Å². The normalized spacial score (nSPS) is 15.9. The fourth-order valence-corrected chi connectivity index (χ4v) is 4.39. The Bertz CT molecular complexity index is 993. The number of halogens is 1. The molecule has 3 aromatic rings. The largest absolute Gasteiger partial charge is 0.496 e. The van der Waals surface area contributed by atoms with E-state index in [1.807, 2.05) is 0 Å². The molecule has 1 aliphatic rings. The standard InChI is InChI=1S/C25H27BrN2O/c1-29-25-12-11-21(23-9-2-3-10-24(23)25)19-28-16-14-27(15-17-28)13-5-7-20-6-4-8-22(26)18-20/h2-12,18H,13-17,19H2,1H3. The minimum Gasteiger partial charge on any atom is -0.496 e. The fraction of sp³-hybridized carbons (Fsp3) is 0.280. The van der Waals surface area contributed by atoms with Crippen LogP contribution in [0.2, 0.25) is 0 Å². The van der Waals surface area contributed by atoms with Gasteiger partial charge in [0, 0.05) is 49.1 Å². The van der Waals surface area contributed by atoms with E-state index >= 15 is 0 Å². The third kappa shape index (κ3) is 5.08. The van der Waals surface area contributed by atoms with Crippen molar-refractivity contribution in [3.63, 3.8) is 0 Å². The maximum Gasteiger partial charge on any atom is 0.126 e. The molecule has 1 heterocycles. The third-order valence-electron chi connectivity index (χ3n) is 5.58. The van der Waals surface area contributed by atoms with Crippen molar-refractivity contribution in [3.05, 3.63) is 82.3 Å². The molecule has 0 N–H and O–H groups in total. The quantitative estimate of drug-likeness (QED) is 0.496. The van der Waals surface area contributed by atoms with Gasteiger partial charge in [0.05, 0.1) is 7.11 Å². The molecule has 150 valence electrons. The number of methoxy groups -OCH3 is 1. The summed E-state index contributed by atoms with van der Waals surface area (Å²) in [7, 11) is 1.74. The van der Waals surface area contributed by atoms with Gasteiger partial charge in [0.1, 0.15) is 5.75 Å². The summed E-state index contributed by atoms with van der Waals surface area (Å²) in [5.41, 5.74) is 2.62. The number of benzene rings is 3. The highest BCUT2D eigenvalue weighted by Gasteiger charge is 2.17. The van der Waals surface area contributed by atoms with E-state index in [1.54, 1.807) is 7.11 Å². The Hall–Kier alpha value is -2.14. The average Bonchev–Trinajstić information content (AvgIpc) is 2.75. The predicted molar refractivity (Wildman–Crippen MR) is 125 cm³/mol. The van der Waals surface area contributed by atoms with Crippen LogP contribution in [0.25, 0.3) is 16.8 Å². The van der Waals surface area contributed by atoms with Gasteiger partial charge in [0.2, 0.25) is 0 Å². The fourth-order valence-electron chi connectivity index (χ4n) is 3.97. The monoisotopic (exact) mass is 450 g/mol. The summed E-state index contributed by atoms with van der Waals surface area (Å²) in [5, 5.41) is 2.50. The maximum atomic E-state index is 5.53. The van der Waals surface area contributed by atoms with E-state index in [4.69, 9.17) is 4.74 Å². The summed E-state index contributed by atoms with van der Waals surface area (Å²) < 4.78 is 6.66. The Balaban J connectivity index is 1.33. The molecule has 0 bridgehead atoms. The minimum atomic E-state index is 0.950. The van der Waals surface area contributed by atoms with Crippen LogP contribution in [-0.2, 0) is 6.54 Å². The Morgan fingerprint density at radius 1 is 0.897 bits per heavy atom. The van der Waals surface area contributed by atoms with Gasteiger partial charge >= 0.3 is 0 Å². The van der Waals surface area contributed by atoms with Crippen LogP contribution in [0, 0.1) is 0 Å². The highest BCUT2D eigenvalue weighted by atomic mass is 79.9. The molecule has 3 aromatic carbocycles. The van der Waals surface area contributed by atoms with Gasteiger partial charge in [-0.3, -0.25) is 9.80 Å². The van der Waals surface area contributed by atoms with Crippen LogP contribution >= 0.6 is 15.9 Å². The van der Waals surface area contributed by atoms with Crippen molar-refractivity contribution in [1.82, 2.24) is 9.80 Å². The average molecular weight is 451 g/mol. The zero-order chi connectivity index (χ0) is 20.1. The summed E-state index contributed by atoms with van der Waals surface area (Å²) in [6.07, 6.45) is 4.48. The second-order valence-electron chi connectivity index (χ2n) is 7.51. The van der Waals surface area contributed by atoms with Crippen molar-refractivity contribution < 1.29 is 4.74 Å². The number of nitrogens with zero attached hydrogens (tertiary/aromatic N) is 2. The van der Waals surface area contributed by atoms with Crippen molar-refractivity contribution in [3.8, 4) is 5.75 Å². The summed E-state index contributed by atoms with van der Waals surface area (Å²) in [5.74, 6) is 0.950. The predicted octanol–water partition coefficient (Wildman–Crippen LogP) is 5.44. The molecule has 1 aliphatic heterocycles. The van der Waals surface area contributed by atoms with Crippen LogP contribution in [0.5, 0.6) is 5.75 Å². The molecule has 0 atom stereocenters. The molecule has 0 aliphatic carbocycles. The lowest BCUT2D eigenvalue weighted by Crippen LogP contribution is -2.45. The van der Waals surface area contributed by atoms with Gasteiger partial charge in [-0.1, -0.05) is 70.5 Å². The molecule has 0 saturated carbocycles. The van der Waals surface area contributed by atoms with Crippen molar-refractivity contribution in [2.45, 2.75) is 6.54 Å². The minimum absolute atomic E-state index is 0.950. The summed E-state index contributed by atoms with van der Waals surface area (Å²) in [6, 6.07) is 21.3. The van der Waals surface area contributed by atoms with E-state index < -0.39 is 0 Å². The first kappa shape index (κ1) is 20.1. The van der Waals surface area contributed by atoms with Gasteiger partial charge in [-0.2, -0.15) is 0 Å². The topological polar surface area (TPSA) is 15.7 Å². The molecule has 29 heavy (non-hydrogen) atoms. The summed E-state index contributed by atoms with van der Waals surface area (Å²) in [4.78, 5) is 5.08. The highest BCUT2D eigenvalue weighted by Crippen LogP contribution is 2.29. The maximum absolute atomic E-state index is 5.53. The smallest absolute Gasteiger partial charge is 0.126 e. The zero-order valence-corrected chi connectivity index (χ0v) is 18.4. The van der Waals surface area contributed by atoms with Gasteiger partial charge in [0.15, 0.2) is 0 Å². The number of piperazine rings is 1. The van der Waals surface area contributed by atoms with Crippen molar-refractivity contribution in [1.29, 1.82) is 0 Å². The van der Waals surface area contributed by atoms with Crippen LogP contribution in [0.15, 0.2) is 71.2 Å². The Morgan fingerprint density at radius 3 is 2.41 bits per heavy atom. The van der Waals surface area contributed by atoms with Crippen molar-refractivity contribution >= 4 is 32.8 Å². The van der Waals surface area contributed by atoms with E-state index in [0.29, 0.717) is 0 Å². The molecule has 1 fully saturated rings. The van der Waals surface area contributed by atoms with E-state index in [0.717, 1.165) is 49.5 Å². The molecule has 4 heteroatoms. The first-order chi connectivity index (χ1) is 14.2. The van der Waals surface area contributed by atoms with E-state index in [-0.39, 0.29) is 0 Å². The van der Waals surface area contributed by atoms with E-state index in [1.165, 1.54) is 21.9 Å². The summed E-state index contributed by atoms with van der Waals surface area (Å²) >= 11 is 3.53. The molecular formula is C25H27BrN2O. The molecule has 4 rings (SSSR count). The van der Waals surface area contributed by atoms with Gasteiger partial charge < -0.3 is 4.74 Å². The first-order valence-electron chi connectivity index (χ1n) is 10.1. The number of hydrogen-bond acceptors (Lipinski definition) is 3. The molecule has 0 unspecified atom stereocenters. The Morgan fingerprint density at radius 2 is 1.66 bits per heavy atom. The van der Waals surface area contributed by atoms with E-state index in [9.17, 15) is 0 Å². The van der Waals surface area contributed by atoms with Gasteiger partial charge in [-0.25, -0.2) is 0 Å². The van der Waals surface area contributed by atoms with Crippen LogP contribution in [0.4, 0.5) is 0 Å². The molecule has 3 nitrogen and oxygen atoms in total. The second kappa shape index (κ2) is 9.57. The molecule has 0 spiro atoms. The van der Waals surface area contributed by atoms with Gasteiger partial charge in [-0.15, -0.1) is 0 Å². The lowest BCUT2D eigenvalue weighted by atomic mass is 10.0. The van der Waals surface area contributed by atoms with Crippen LogP contribution in [-0.4, -0.2) is 49.6 Å². The SMILES string of the molecule is COc1ccc(CN2CCN(CC=Cc3cccc(Br)c3)CC2)c2ccccc12. The van der Waals surface area contributed by atoms with Crippen LogP contribution in [0.3, 0.4) is 0 Å². The van der Waals surface area contributed by atoms with E-state index in [2.05, 4.69) is 98.5 Å². The number of hydrogen-bond donors (Lipinski definition) is 0. The number of rotatable bonds is 6. The Kier molecular flexibility index (Phi) is 6.65. The molecule has 0 aromatic heterocycles. The number of fused-ring (bicyclic) bond motifs is 1. The van der Waals surface area contributed by atoms with Crippen LogP contribution < -0.4 is 4.74 Å². The number of ether oxygens (including phenoxy) is 1. The molecule has 0 radical (unpaired) electrons. The Labute approximate surface area is 181 Å². The van der Waals surface area contributed by atoms with Gasteiger partial charge in [0.25, 0.3) is 0 Å². The second-order valence-corrected chi connectivity index (χ2v) is 8.42. The van der Waals surface area contributed by atoms with Crippen molar-refractivity contribution in [2.24, 2.45) is 0 Å². The highest BCUT2D eigenvalue weighted by molar-refractivity contribution is 9.10. The lowest BCUT2D eigenvalue weighted by Gasteiger charge is -2.34. The molecular weight excluding hydrogens is 424 g/mol. The van der Waals surface area contributed by atoms with Gasteiger partial charge in [-0.05, 0) is 34.7 Å². The lowest BCUT2D eigenvalue weighted by molar-refractivity contribution is 0.137. The molecule has 1 saturated heterocycles. The van der Waals surface area contributed by atoms with Crippen molar-refractivity contribution in [2.75, 3.05) is 39.8 Å².